The number of benzene rings is 2. The van der Waals surface area contributed by atoms with Crippen molar-refractivity contribution in [2.45, 2.75) is 6.18 Å². The first-order valence-corrected chi connectivity index (χ1v) is 7.18. The van der Waals surface area contributed by atoms with Crippen LogP contribution in [-0.2, 0) is 11.0 Å². The minimum Gasteiger partial charge on any atom is -0.343 e. The molecule has 0 aliphatic carbocycles. The molecule has 0 aromatic heterocycles. The number of carbonyl (C=O) groups is 2. The number of rotatable bonds is 5. The van der Waals surface area contributed by atoms with Gasteiger partial charge in [0.1, 0.15) is 0 Å². The Bertz CT molecular complexity index is 757. The maximum absolute atomic E-state index is 12.4. The molecule has 0 aliphatic heterocycles. The van der Waals surface area contributed by atoms with Crippen molar-refractivity contribution in [1.82, 2.24) is 10.7 Å². The molecule has 130 valence electrons. The van der Waals surface area contributed by atoms with Gasteiger partial charge in [-0.2, -0.15) is 18.3 Å². The van der Waals surface area contributed by atoms with Gasteiger partial charge in [-0.25, -0.2) is 5.43 Å². The summed E-state index contributed by atoms with van der Waals surface area (Å²) in [5.41, 5.74) is 2.22. The summed E-state index contributed by atoms with van der Waals surface area (Å²) in [6.07, 6.45) is -3.20. The average molecular weight is 349 g/mol. The summed E-state index contributed by atoms with van der Waals surface area (Å²) in [4.78, 5) is 23.3. The van der Waals surface area contributed by atoms with Crippen LogP contribution >= 0.6 is 0 Å². The lowest BCUT2D eigenvalue weighted by Gasteiger charge is -2.06. The normalized spacial score (nSPS) is 11.3. The van der Waals surface area contributed by atoms with Crippen LogP contribution in [-0.4, -0.2) is 24.6 Å². The highest BCUT2D eigenvalue weighted by atomic mass is 19.4. The first-order chi connectivity index (χ1) is 11.9. The maximum atomic E-state index is 12.4. The van der Waals surface area contributed by atoms with Crippen molar-refractivity contribution < 1.29 is 22.8 Å². The molecule has 2 aromatic carbocycles. The van der Waals surface area contributed by atoms with Crippen molar-refractivity contribution in [3.63, 3.8) is 0 Å². The predicted molar refractivity (Wildman–Crippen MR) is 86.0 cm³/mol. The summed E-state index contributed by atoms with van der Waals surface area (Å²) in [6.45, 7) is -0.280. The number of hydrogen-bond donors (Lipinski definition) is 2. The molecule has 0 heterocycles. The molecule has 5 nitrogen and oxygen atoms in total. The smallest absolute Gasteiger partial charge is 0.343 e. The molecule has 2 amide bonds. The maximum Gasteiger partial charge on any atom is 0.416 e. The van der Waals surface area contributed by atoms with Gasteiger partial charge >= 0.3 is 6.18 Å². The fourth-order valence-electron chi connectivity index (χ4n) is 1.83. The van der Waals surface area contributed by atoms with E-state index >= 15 is 0 Å². The van der Waals surface area contributed by atoms with Crippen molar-refractivity contribution in [2.24, 2.45) is 5.10 Å². The Morgan fingerprint density at radius 1 is 1.00 bits per heavy atom. The zero-order valence-electron chi connectivity index (χ0n) is 12.9. The van der Waals surface area contributed by atoms with Crippen molar-refractivity contribution in [2.75, 3.05) is 6.54 Å². The number of hydrazone groups is 1. The third kappa shape index (κ3) is 5.76. The van der Waals surface area contributed by atoms with Crippen LogP contribution in [0.2, 0.25) is 0 Å². The first-order valence-electron chi connectivity index (χ1n) is 7.18. The van der Waals surface area contributed by atoms with Crippen LogP contribution in [0.15, 0.2) is 59.7 Å². The monoisotopic (exact) mass is 349 g/mol. The van der Waals surface area contributed by atoms with Crippen LogP contribution < -0.4 is 10.7 Å². The van der Waals surface area contributed by atoms with Gasteiger partial charge in [-0.1, -0.05) is 30.3 Å². The summed E-state index contributed by atoms with van der Waals surface area (Å²) in [7, 11) is 0. The molecule has 0 atom stereocenters. The van der Waals surface area contributed by atoms with Gasteiger partial charge in [-0.15, -0.1) is 0 Å². The second-order valence-electron chi connectivity index (χ2n) is 4.96. The molecule has 0 saturated carbocycles. The van der Waals surface area contributed by atoms with Gasteiger partial charge in [0, 0.05) is 5.56 Å². The van der Waals surface area contributed by atoms with E-state index in [1.165, 1.54) is 18.3 Å². The number of nitrogens with zero attached hydrogens (tertiary/aromatic N) is 1. The standard InChI is InChI=1S/C17H14F3N3O2/c18-17(19,20)14-8-6-12(7-9-14)10-22-23-15(24)11-21-16(25)13-4-2-1-3-5-13/h1-10H,11H2,(H,21,25)(H,23,24)/b22-10-. The first kappa shape index (κ1) is 18.2. The number of hydrogen-bond acceptors (Lipinski definition) is 3. The van der Waals surface area contributed by atoms with Gasteiger partial charge in [-0.05, 0) is 29.8 Å². The Morgan fingerprint density at radius 2 is 1.64 bits per heavy atom. The van der Waals surface area contributed by atoms with E-state index in [1.807, 2.05) is 0 Å². The van der Waals surface area contributed by atoms with E-state index in [0.29, 0.717) is 11.1 Å². The van der Waals surface area contributed by atoms with E-state index in [0.717, 1.165) is 12.1 Å². The molecular formula is C17H14F3N3O2. The topological polar surface area (TPSA) is 70.6 Å². The fraction of sp³-hybridized carbons (Fsp3) is 0.118. The van der Waals surface area contributed by atoms with Gasteiger partial charge in [0.15, 0.2) is 0 Å². The van der Waals surface area contributed by atoms with Gasteiger partial charge in [0.25, 0.3) is 11.8 Å². The highest BCUT2D eigenvalue weighted by molar-refractivity contribution is 5.96. The zero-order chi connectivity index (χ0) is 18.3. The predicted octanol–water partition coefficient (Wildman–Crippen LogP) is 2.59. The van der Waals surface area contributed by atoms with Crippen molar-refractivity contribution in [3.05, 3.63) is 71.3 Å². The van der Waals surface area contributed by atoms with Crippen molar-refractivity contribution in [1.29, 1.82) is 0 Å². The largest absolute Gasteiger partial charge is 0.416 e. The van der Waals surface area contributed by atoms with E-state index in [9.17, 15) is 22.8 Å². The van der Waals surface area contributed by atoms with E-state index in [1.54, 1.807) is 30.3 Å². The van der Waals surface area contributed by atoms with Crippen molar-refractivity contribution in [3.8, 4) is 0 Å². The summed E-state index contributed by atoms with van der Waals surface area (Å²) in [6, 6.07) is 12.7. The van der Waals surface area contributed by atoms with Crippen LogP contribution in [0.25, 0.3) is 0 Å². The highest BCUT2D eigenvalue weighted by Crippen LogP contribution is 2.28. The fourth-order valence-corrected chi connectivity index (χ4v) is 1.83. The molecule has 0 fully saturated rings. The lowest BCUT2D eigenvalue weighted by Crippen LogP contribution is -2.34. The van der Waals surface area contributed by atoms with Gasteiger partial charge in [0.2, 0.25) is 0 Å². The van der Waals surface area contributed by atoms with E-state index in [-0.39, 0.29) is 6.54 Å². The van der Waals surface area contributed by atoms with Gasteiger partial charge in [0.05, 0.1) is 18.3 Å². The number of halogens is 3. The Hall–Kier alpha value is -3.16. The lowest BCUT2D eigenvalue weighted by atomic mass is 10.1. The molecule has 0 aliphatic rings. The summed E-state index contributed by atoms with van der Waals surface area (Å²) in [5, 5.41) is 6.05. The molecule has 2 aromatic rings. The molecular weight excluding hydrogens is 335 g/mol. The molecule has 0 saturated heterocycles. The minimum absolute atomic E-state index is 0.280. The Balaban J connectivity index is 1.79. The molecule has 25 heavy (non-hydrogen) atoms. The van der Waals surface area contributed by atoms with Gasteiger partial charge < -0.3 is 5.32 Å². The van der Waals surface area contributed by atoms with Crippen molar-refractivity contribution >= 4 is 18.0 Å². The second kappa shape index (κ2) is 8.09. The third-order valence-electron chi connectivity index (χ3n) is 3.09. The van der Waals surface area contributed by atoms with E-state index < -0.39 is 23.6 Å². The Kier molecular flexibility index (Phi) is 5.89. The Morgan fingerprint density at radius 3 is 2.24 bits per heavy atom. The van der Waals surface area contributed by atoms with Gasteiger partial charge in [-0.3, -0.25) is 9.59 Å². The number of amides is 2. The number of nitrogens with one attached hydrogen (secondary N) is 2. The second-order valence-corrected chi connectivity index (χ2v) is 4.96. The minimum atomic E-state index is -4.40. The summed E-state index contributed by atoms with van der Waals surface area (Å²) >= 11 is 0. The Labute approximate surface area is 141 Å². The van der Waals surface area contributed by atoms with Crippen LogP contribution in [0.1, 0.15) is 21.5 Å². The third-order valence-corrected chi connectivity index (χ3v) is 3.09. The molecule has 8 heteroatoms. The molecule has 0 bridgehead atoms. The molecule has 0 unspecified atom stereocenters. The number of carbonyl (C=O) groups excluding carboxylic acids is 2. The summed E-state index contributed by atoms with van der Waals surface area (Å²) < 4.78 is 37.3. The van der Waals surface area contributed by atoms with Crippen LogP contribution in [0, 0.1) is 0 Å². The van der Waals surface area contributed by atoms with E-state index in [2.05, 4.69) is 15.8 Å². The lowest BCUT2D eigenvalue weighted by molar-refractivity contribution is -0.137. The average Bonchev–Trinajstić information content (AvgIpc) is 2.60. The summed E-state index contributed by atoms with van der Waals surface area (Å²) in [5.74, 6) is -0.963. The molecule has 0 radical (unpaired) electrons. The van der Waals surface area contributed by atoms with Crippen LogP contribution in [0.5, 0.6) is 0 Å². The number of alkyl halides is 3. The highest BCUT2D eigenvalue weighted by Gasteiger charge is 2.29. The zero-order valence-corrected chi connectivity index (χ0v) is 12.9. The SMILES string of the molecule is O=C(CNC(=O)c1ccccc1)N/N=C\c1ccc(C(F)(F)F)cc1. The van der Waals surface area contributed by atoms with E-state index in [4.69, 9.17) is 0 Å². The molecule has 0 spiro atoms. The van der Waals surface area contributed by atoms with Crippen LogP contribution in [0.3, 0.4) is 0 Å². The van der Waals surface area contributed by atoms with Crippen LogP contribution in [0.4, 0.5) is 13.2 Å². The quantitative estimate of drug-likeness (QED) is 0.643. The molecule has 2 rings (SSSR count). The molecule has 2 N–H and O–H groups in total.